The molecule has 0 aromatic heterocycles. The highest BCUT2D eigenvalue weighted by Crippen LogP contribution is 2.12. The number of nitrogens with zero attached hydrogens (tertiary/aromatic N) is 3. The van der Waals surface area contributed by atoms with Gasteiger partial charge in [0, 0.05) is 45.0 Å². The number of carbonyl (C=O) groups is 2. The highest BCUT2D eigenvalue weighted by atomic mass is 16.6. The molecule has 1 fully saturated rings. The monoisotopic (exact) mass is 367 g/mol. The summed E-state index contributed by atoms with van der Waals surface area (Å²) in [6.07, 6.45) is 6.43. The minimum Gasteiger partial charge on any atom is -0.444 e. The van der Waals surface area contributed by atoms with E-state index in [2.05, 4.69) is 11.9 Å². The van der Waals surface area contributed by atoms with Crippen molar-refractivity contribution < 1.29 is 14.3 Å². The number of carbonyl (C=O) groups excluding carboxylic acids is 2. The van der Waals surface area contributed by atoms with Crippen molar-refractivity contribution in [1.29, 1.82) is 0 Å². The van der Waals surface area contributed by atoms with Gasteiger partial charge in [-0.15, -0.1) is 0 Å². The summed E-state index contributed by atoms with van der Waals surface area (Å²) >= 11 is 0. The fraction of sp³-hybridized carbons (Fsp3) is 0.750. The maximum absolute atomic E-state index is 11.8. The zero-order valence-corrected chi connectivity index (χ0v) is 17.7. The van der Waals surface area contributed by atoms with Gasteiger partial charge in [-0.1, -0.05) is 26.3 Å². The summed E-state index contributed by atoms with van der Waals surface area (Å²) in [5.41, 5.74) is 0.926. The minimum atomic E-state index is -0.465. The van der Waals surface area contributed by atoms with Crippen LogP contribution in [0.5, 0.6) is 0 Å². The first-order chi connectivity index (χ1) is 12.2. The zero-order valence-electron chi connectivity index (χ0n) is 17.7. The molecule has 0 saturated carbocycles. The second-order valence-corrected chi connectivity index (χ2v) is 7.05. The van der Waals surface area contributed by atoms with Crippen LogP contribution in [0, 0.1) is 0 Å². The van der Waals surface area contributed by atoms with Crippen LogP contribution in [0.4, 0.5) is 4.79 Å². The minimum absolute atomic E-state index is 0.147. The highest BCUT2D eigenvalue weighted by molar-refractivity contribution is 5.76. The number of aliphatic imine (C=N–C) groups is 1. The first kappa shape index (κ1) is 24.1. The Labute approximate surface area is 159 Å². The highest BCUT2D eigenvalue weighted by Gasteiger charge is 2.26. The molecule has 2 aliphatic rings. The van der Waals surface area contributed by atoms with Crippen molar-refractivity contribution >= 4 is 18.2 Å². The van der Waals surface area contributed by atoms with Crippen LogP contribution >= 0.6 is 0 Å². The molecule has 2 heterocycles. The quantitative estimate of drug-likeness (QED) is 0.696. The maximum atomic E-state index is 11.8. The normalized spacial score (nSPS) is 16.5. The fourth-order valence-corrected chi connectivity index (χ4v) is 2.30. The molecule has 0 unspecified atom stereocenters. The number of amides is 2. The Kier molecular flexibility index (Phi) is 11.6. The van der Waals surface area contributed by atoms with E-state index >= 15 is 0 Å². The van der Waals surface area contributed by atoms with E-state index in [1.54, 1.807) is 9.80 Å². The van der Waals surface area contributed by atoms with Crippen LogP contribution < -0.4 is 0 Å². The molecule has 2 rings (SSSR count). The van der Waals surface area contributed by atoms with E-state index in [1.807, 2.05) is 54.0 Å². The van der Waals surface area contributed by atoms with Gasteiger partial charge in [-0.2, -0.15) is 0 Å². The first-order valence-electron chi connectivity index (χ1n) is 9.66. The van der Waals surface area contributed by atoms with Crippen molar-refractivity contribution in [1.82, 2.24) is 9.80 Å². The Balaban J connectivity index is 0.000000575. The molecule has 2 amide bonds. The molecule has 0 radical (unpaired) electrons. The molecule has 0 bridgehead atoms. The topological polar surface area (TPSA) is 62.2 Å². The van der Waals surface area contributed by atoms with Crippen LogP contribution in [0.25, 0.3) is 0 Å². The SMILES string of the molecule is CC.CC1=CN=CCC1.CCC(=O)N1CCN(C(=O)OC(C)(C)C)CC1. The summed E-state index contributed by atoms with van der Waals surface area (Å²) in [7, 11) is 0. The molecule has 150 valence electrons. The lowest BCUT2D eigenvalue weighted by Gasteiger charge is -2.35. The van der Waals surface area contributed by atoms with E-state index < -0.39 is 5.60 Å². The maximum Gasteiger partial charge on any atom is 0.410 e. The summed E-state index contributed by atoms with van der Waals surface area (Å²) in [6.45, 7) is 15.8. The molecular weight excluding hydrogens is 330 g/mol. The average molecular weight is 368 g/mol. The Hall–Kier alpha value is -1.85. The van der Waals surface area contributed by atoms with Crippen LogP contribution in [0.1, 0.15) is 67.7 Å². The van der Waals surface area contributed by atoms with Gasteiger partial charge in [0.2, 0.25) is 5.91 Å². The van der Waals surface area contributed by atoms with Crippen LogP contribution in [0.2, 0.25) is 0 Å². The summed E-state index contributed by atoms with van der Waals surface area (Å²) in [5, 5.41) is 0. The number of piperazine rings is 1. The van der Waals surface area contributed by atoms with Gasteiger partial charge < -0.3 is 14.5 Å². The molecule has 0 aliphatic carbocycles. The molecule has 0 aromatic rings. The molecular formula is C20H37N3O3. The van der Waals surface area contributed by atoms with Gasteiger partial charge in [-0.25, -0.2) is 4.79 Å². The van der Waals surface area contributed by atoms with Crippen molar-refractivity contribution in [2.24, 2.45) is 4.99 Å². The largest absolute Gasteiger partial charge is 0.444 e. The number of rotatable bonds is 1. The fourth-order valence-electron chi connectivity index (χ4n) is 2.30. The second-order valence-electron chi connectivity index (χ2n) is 7.05. The average Bonchev–Trinajstić information content (AvgIpc) is 2.62. The third kappa shape index (κ3) is 10.2. The summed E-state index contributed by atoms with van der Waals surface area (Å²) < 4.78 is 5.28. The first-order valence-corrected chi connectivity index (χ1v) is 9.66. The van der Waals surface area contributed by atoms with Crippen LogP contribution in [-0.4, -0.2) is 59.8 Å². The molecule has 1 saturated heterocycles. The number of allylic oxidation sites excluding steroid dienone is 1. The van der Waals surface area contributed by atoms with Gasteiger partial charge in [0.25, 0.3) is 0 Å². The van der Waals surface area contributed by atoms with Gasteiger partial charge in [0.1, 0.15) is 5.60 Å². The van der Waals surface area contributed by atoms with E-state index in [4.69, 9.17) is 4.74 Å². The second kappa shape index (κ2) is 12.5. The van der Waals surface area contributed by atoms with Crippen LogP contribution in [0.3, 0.4) is 0 Å². The lowest BCUT2D eigenvalue weighted by Crippen LogP contribution is -2.51. The van der Waals surface area contributed by atoms with Crippen LogP contribution in [-0.2, 0) is 9.53 Å². The molecule has 0 N–H and O–H groups in total. The number of hydrogen-bond donors (Lipinski definition) is 0. The molecule has 26 heavy (non-hydrogen) atoms. The molecule has 0 spiro atoms. The van der Waals surface area contributed by atoms with Gasteiger partial charge in [0.05, 0.1) is 0 Å². The Bertz CT molecular complexity index is 485. The predicted molar refractivity (Wildman–Crippen MR) is 108 cm³/mol. The molecule has 0 aromatic carbocycles. The van der Waals surface area contributed by atoms with Gasteiger partial charge in [-0.05, 0) is 40.5 Å². The van der Waals surface area contributed by atoms with Crippen molar-refractivity contribution in [2.75, 3.05) is 26.2 Å². The number of hydrogen-bond acceptors (Lipinski definition) is 4. The molecule has 6 heteroatoms. The van der Waals surface area contributed by atoms with Gasteiger partial charge >= 0.3 is 6.09 Å². The summed E-state index contributed by atoms with van der Waals surface area (Å²) in [6, 6.07) is 0. The standard InChI is InChI=1S/C12H22N2O3.C6H9N.C2H6/c1-5-10(15)13-6-8-14(9-7-13)11(16)17-12(2,3)4;1-6-3-2-4-7-5-6;1-2/h5-9H2,1-4H3;4-5H,2-3H2,1H3;1-2H3. The van der Waals surface area contributed by atoms with E-state index in [1.165, 1.54) is 12.0 Å². The third-order valence-electron chi connectivity index (χ3n) is 3.65. The molecule has 0 atom stereocenters. The van der Waals surface area contributed by atoms with Gasteiger partial charge in [0.15, 0.2) is 0 Å². The third-order valence-corrected chi connectivity index (χ3v) is 3.65. The van der Waals surface area contributed by atoms with Crippen molar-refractivity contribution in [3.8, 4) is 0 Å². The molecule has 2 aliphatic heterocycles. The number of ether oxygens (including phenoxy) is 1. The zero-order chi connectivity index (χ0) is 20.2. The van der Waals surface area contributed by atoms with Crippen molar-refractivity contribution in [3.63, 3.8) is 0 Å². The van der Waals surface area contributed by atoms with Gasteiger partial charge in [-0.3, -0.25) is 9.79 Å². The summed E-state index contributed by atoms with van der Waals surface area (Å²) in [5.74, 6) is 0.147. The lowest BCUT2D eigenvalue weighted by molar-refractivity contribution is -0.132. The van der Waals surface area contributed by atoms with Crippen molar-refractivity contribution in [2.45, 2.75) is 73.3 Å². The molecule has 6 nitrogen and oxygen atoms in total. The Morgan fingerprint density at radius 1 is 1.12 bits per heavy atom. The van der Waals surface area contributed by atoms with E-state index in [-0.39, 0.29) is 12.0 Å². The smallest absolute Gasteiger partial charge is 0.410 e. The summed E-state index contributed by atoms with van der Waals surface area (Å²) in [4.78, 5) is 30.6. The Morgan fingerprint density at radius 2 is 1.65 bits per heavy atom. The predicted octanol–water partition coefficient (Wildman–Crippen LogP) is 4.26. The van der Waals surface area contributed by atoms with E-state index in [0.717, 1.165) is 6.42 Å². The lowest BCUT2D eigenvalue weighted by atomic mass is 10.2. The Morgan fingerprint density at radius 3 is 2.00 bits per heavy atom. The van der Waals surface area contributed by atoms with E-state index in [9.17, 15) is 9.59 Å². The van der Waals surface area contributed by atoms with E-state index in [0.29, 0.717) is 32.6 Å². The van der Waals surface area contributed by atoms with Crippen LogP contribution in [0.15, 0.2) is 16.8 Å². The van der Waals surface area contributed by atoms with Crippen molar-refractivity contribution in [3.05, 3.63) is 11.8 Å².